The zero-order chi connectivity index (χ0) is 9.68. The summed E-state index contributed by atoms with van der Waals surface area (Å²) in [6, 6.07) is 6.13. The Hall–Kier alpha value is -1.18. The molecule has 2 heteroatoms. The second kappa shape index (κ2) is 4.75. The van der Waals surface area contributed by atoms with Crippen LogP contribution in [0.5, 0.6) is 5.75 Å². The van der Waals surface area contributed by atoms with Crippen molar-refractivity contribution in [3.05, 3.63) is 23.8 Å². The molecule has 0 spiro atoms. The molecule has 13 heavy (non-hydrogen) atoms. The van der Waals surface area contributed by atoms with Crippen molar-refractivity contribution in [2.45, 2.75) is 20.3 Å². The van der Waals surface area contributed by atoms with Crippen molar-refractivity contribution in [2.24, 2.45) is 0 Å². The molecule has 0 saturated heterocycles. The van der Waals surface area contributed by atoms with E-state index in [1.807, 2.05) is 12.1 Å². The number of anilines is 1. The number of nitrogens with one attached hydrogen (secondary N) is 1. The van der Waals surface area contributed by atoms with E-state index in [2.05, 4.69) is 25.2 Å². The largest absolute Gasteiger partial charge is 0.494 e. The van der Waals surface area contributed by atoms with Crippen molar-refractivity contribution in [2.75, 3.05) is 19.0 Å². The second-order valence-corrected chi connectivity index (χ2v) is 3.08. The van der Waals surface area contributed by atoms with Crippen LogP contribution in [0, 0.1) is 6.92 Å². The van der Waals surface area contributed by atoms with Gasteiger partial charge in [0.1, 0.15) is 5.75 Å². The maximum Gasteiger partial charge on any atom is 0.144 e. The molecule has 1 aromatic carbocycles. The van der Waals surface area contributed by atoms with Gasteiger partial charge in [0.15, 0.2) is 0 Å². The molecule has 1 N–H and O–H groups in total. The van der Waals surface area contributed by atoms with E-state index in [9.17, 15) is 0 Å². The summed E-state index contributed by atoms with van der Waals surface area (Å²) in [6.45, 7) is 5.19. The molecule has 0 saturated carbocycles. The molecular formula is C11H17NO. The van der Waals surface area contributed by atoms with Crippen LogP contribution in [-0.2, 0) is 0 Å². The van der Waals surface area contributed by atoms with E-state index in [1.54, 1.807) is 7.11 Å². The van der Waals surface area contributed by atoms with Crippen molar-refractivity contribution in [1.29, 1.82) is 0 Å². The van der Waals surface area contributed by atoms with E-state index < -0.39 is 0 Å². The van der Waals surface area contributed by atoms with Gasteiger partial charge in [-0.15, -0.1) is 0 Å². The molecule has 72 valence electrons. The Balaban J connectivity index is 2.85. The predicted octanol–water partition coefficient (Wildman–Crippen LogP) is 2.83. The molecule has 0 unspecified atom stereocenters. The van der Waals surface area contributed by atoms with Crippen molar-refractivity contribution in [1.82, 2.24) is 0 Å². The fraction of sp³-hybridized carbons (Fsp3) is 0.455. The van der Waals surface area contributed by atoms with Crippen LogP contribution >= 0.6 is 0 Å². The number of aryl methyl sites for hydroxylation is 1. The van der Waals surface area contributed by atoms with Crippen molar-refractivity contribution in [3.8, 4) is 5.75 Å². The summed E-state index contributed by atoms with van der Waals surface area (Å²) in [5, 5.41) is 3.33. The molecule has 0 radical (unpaired) electrons. The highest BCUT2D eigenvalue weighted by Crippen LogP contribution is 2.27. The Labute approximate surface area is 79.9 Å². The van der Waals surface area contributed by atoms with Crippen LogP contribution in [0.3, 0.4) is 0 Å². The van der Waals surface area contributed by atoms with Gasteiger partial charge in [-0.2, -0.15) is 0 Å². The molecule has 0 heterocycles. The molecular weight excluding hydrogens is 162 g/mol. The van der Waals surface area contributed by atoms with Gasteiger partial charge in [-0.3, -0.25) is 0 Å². The number of hydrogen-bond acceptors (Lipinski definition) is 2. The minimum absolute atomic E-state index is 0.955. The third-order valence-corrected chi connectivity index (χ3v) is 1.98. The van der Waals surface area contributed by atoms with E-state index in [-0.39, 0.29) is 0 Å². The quantitative estimate of drug-likeness (QED) is 0.767. The Bertz CT molecular complexity index is 271. The Kier molecular flexibility index (Phi) is 3.62. The molecule has 0 atom stereocenters. The monoisotopic (exact) mass is 179 g/mol. The predicted molar refractivity (Wildman–Crippen MR) is 56.5 cm³/mol. The third-order valence-electron chi connectivity index (χ3n) is 1.98. The summed E-state index contributed by atoms with van der Waals surface area (Å²) < 4.78 is 5.31. The maximum atomic E-state index is 5.31. The van der Waals surface area contributed by atoms with Crippen LogP contribution in [0.2, 0.25) is 0 Å². The number of rotatable bonds is 4. The lowest BCUT2D eigenvalue weighted by Crippen LogP contribution is -2.02. The zero-order valence-electron chi connectivity index (χ0n) is 8.55. The highest BCUT2D eigenvalue weighted by molar-refractivity contribution is 5.59. The molecule has 0 bridgehead atoms. The number of ether oxygens (including phenoxy) is 1. The van der Waals surface area contributed by atoms with Gasteiger partial charge in [0.25, 0.3) is 0 Å². The molecule has 1 aromatic rings. The molecule has 0 aliphatic heterocycles. The highest BCUT2D eigenvalue weighted by atomic mass is 16.5. The van der Waals surface area contributed by atoms with Gasteiger partial charge in [0, 0.05) is 6.54 Å². The van der Waals surface area contributed by atoms with Gasteiger partial charge in [-0.05, 0) is 25.0 Å². The van der Waals surface area contributed by atoms with Crippen molar-refractivity contribution >= 4 is 5.69 Å². The molecule has 0 aliphatic rings. The summed E-state index contributed by atoms with van der Waals surface area (Å²) in [5.41, 5.74) is 2.26. The Morgan fingerprint density at radius 1 is 1.38 bits per heavy atom. The summed E-state index contributed by atoms with van der Waals surface area (Å²) in [4.78, 5) is 0. The average Bonchev–Trinajstić information content (AvgIpc) is 2.15. The lowest BCUT2D eigenvalue weighted by Gasteiger charge is -2.12. The van der Waals surface area contributed by atoms with Gasteiger partial charge in [-0.25, -0.2) is 0 Å². The number of para-hydroxylation sites is 1. The van der Waals surface area contributed by atoms with Gasteiger partial charge in [0.2, 0.25) is 0 Å². The fourth-order valence-corrected chi connectivity index (χ4v) is 1.32. The maximum absolute atomic E-state index is 5.31. The highest BCUT2D eigenvalue weighted by Gasteiger charge is 2.03. The van der Waals surface area contributed by atoms with Crippen LogP contribution < -0.4 is 10.1 Å². The van der Waals surface area contributed by atoms with Crippen LogP contribution in [0.15, 0.2) is 18.2 Å². The van der Waals surface area contributed by atoms with Crippen LogP contribution in [0.25, 0.3) is 0 Å². The first-order chi connectivity index (χ1) is 6.29. The standard InChI is InChI=1S/C11H17NO/c1-4-8-12-10-7-5-6-9(2)11(10)13-3/h5-7,12H,4,8H2,1-3H3. The van der Waals surface area contributed by atoms with E-state index in [0.717, 1.165) is 24.4 Å². The van der Waals surface area contributed by atoms with Crippen LogP contribution in [0.4, 0.5) is 5.69 Å². The normalized spacial score (nSPS) is 9.77. The molecule has 0 aliphatic carbocycles. The minimum Gasteiger partial charge on any atom is -0.494 e. The molecule has 0 aromatic heterocycles. The number of hydrogen-bond donors (Lipinski definition) is 1. The molecule has 2 nitrogen and oxygen atoms in total. The summed E-state index contributed by atoms with van der Waals surface area (Å²) >= 11 is 0. The first kappa shape index (κ1) is 9.90. The molecule has 1 rings (SSSR count). The summed E-state index contributed by atoms with van der Waals surface area (Å²) in [6.07, 6.45) is 1.12. The number of benzene rings is 1. The SMILES string of the molecule is CCCNc1cccc(C)c1OC. The molecule has 0 fully saturated rings. The van der Waals surface area contributed by atoms with Crippen molar-refractivity contribution in [3.63, 3.8) is 0 Å². The zero-order valence-corrected chi connectivity index (χ0v) is 8.55. The fourth-order valence-electron chi connectivity index (χ4n) is 1.32. The van der Waals surface area contributed by atoms with E-state index in [1.165, 1.54) is 5.56 Å². The van der Waals surface area contributed by atoms with Gasteiger partial charge >= 0.3 is 0 Å². The topological polar surface area (TPSA) is 21.3 Å². The van der Waals surface area contributed by atoms with E-state index in [0.29, 0.717) is 0 Å². The minimum atomic E-state index is 0.955. The van der Waals surface area contributed by atoms with Crippen molar-refractivity contribution < 1.29 is 4.74 Å². The first-order valence-corrected chi connectivity index (χ1v) is 4.67. The van der Waals surface area contributed by atoms with Gasteiger partial charge < -0.3 is 10.1 Å². The van der Waals surface area contributed by atoms with Gasteiger partial charge in [-0.1, -0.05) is 19.1 Å². The number of methoxy groups -OCH3 is 1. The third kappa shape index (κ3) is 2.38. The lowest BCUT2D eigenvalue weighted by atomic mass is 10.2. The Morgan fingerprint density at radius 2 is 2.15 bits per heavy atom. The first-order valence-electron chi connectivity index (χ1n) is 4.67. The lowest BCUT2D eigenvalue weighted by molar-refractivity contribution is 0.413. The van der Waals surface area contributed by atoms with Gasteiger partial charge in [0.05, 0.1) is 12.8 Å². The Morgan fingerprint density at radius 3 is 2.77 bits per heavy atom. The second-order valence-electron chi connectivity index (χ2n) is 3.08. The average molecular weight is 179 g/mol. The van der Waals surface area contributed by atoms with E-state index in [4.69, 9.17) is 4.74 Å². The summed E-state index contributed by atoms with van der Waals surface area (Å²) in [5.74, 6) is 0.955. The van der Waals surface area contributed by atoms with Crippen LogP contribution in [0.1, 0.15) is 18.9 Å². The summed E-state index contributed by atoms with van der Waals surface area (Å²) in [7, 11) is 1.71. The van der Waals surface area contributed by atoms with E-state index >= 15 is 0 Å². The molecule has 0 amide bonds. The van der Waals surface area contributed by atoms with Crippen LogP contribution in [-0.4, -0.2) is 13.7 Å². The smallest absolute Gasteiger partial charge is 0.144 e.